The minimum Gasteiger partial charge on any atom is -0.384 e. The summed E-state index contributed by atoms with van der Waals surface area (Å²) in [5, 5.41) is 0. The van der Waals surface area contributed by atoms with Crippen LogP contribution in [-0.2, 0) is 17.7 Å². The lowest BCUT2D eigenvalue weighted by Crippen LogP contribution is -2.55. The summed E-state index contributed by atoms with van der Waals surface area (Å²) in [5.41, 5.74) is 1.85. The maximum absolute atomic E-state index is 12.6. The third-order valence-corrected chi connectivity index (χ3v) is 5.70. The van der Waals surface area contributed by atoms with Gasteiger partial charge in [-0.1, -0.05) is 38.1 Å². The van der Waals surface area contributed by atoms with Crippen molar-refractivity contribution in [3.05, 3.63) is 35.4 Å². The standard InChI is InChI=1S/C19H26F3NO/c1-17(2)11-18(13-24-3)12-23(10-16(17)18)9-15-6-4-5-14(7-15)8-19(20,21)22/h4-7,16H,8-13H2,1-3H3/t16-,18-/m1/s1. The molecule has 2 nitrogen and oxygen atoms in total. The molecular formula is C19H26F3NO. The number of rotatable bonds is 5. The van der Waals surface area contributed by atoms with E-state index in [1.165, 1.54) is 0 Å². The van der Waals surface area contributed by atoms with Crippen LogP contribution < -0.4 is 0 Å². The molecular weight excluding hydrogens is 315 g/mol. The highest BCUT2D eigenvalue weighted by molar-refractivity contribution is 5.25. The summed E-state index contributed by atoms with van der Waals surface area (Å²) in [6, 6.07) is 6.91. The molecule has 1 saturated carbocycles. The number of hydrogen-bond donors (Lipinski definition) is 0. The van der Waals surface area contributed by atoms with Gasteiger partial charge in [0.1, 0.15) is 0 Å². The lowest BCUT2D eigenvalue weighted by atomic mass is 9.48. The maximum atomic E-state index is 12.6. The normalized spacial score (nSPS) is 29.3. The fourth-order valence-electron chi connectivity index (χ4n) is 5.16. The first-order valence-electron chi connectivity index (χ1n) is 8.49. The molecule has 0 N–H and O–H groups in total. The van der Waals surface area contributed by atoms with Crippen LogP contribution in [0.5, 0.6) is 0 Å². The predicted molar refractivity (Wildman–Crippen MR) is 87.7 cm³/mol. The van der Waals surface area contributed by atoms with Gasteiger partial charge in [-0.25, -0.2) is 0 Å². The Bertz CT molecular complexity index is 599. The molecule has 1 aromatic rings. The van der Waals surface area contributed by atoms with Gasteiger partial charge in [-0.05, 0) is 28.9 Å². The molecule has 1 aromatic carbocycles. The summed E-state index contributed by atoms with van der Waals surface area (Å²) in [7, 11) is 1.75. The maximum Gasteiger partial charge on any atom is 0.393 e. The van der Waals surface area contributed by atoms with Gasteiger partial charge in [0.25, 0.3) is 0 Å². The second kappa shape index (κ2) is 6.03. The van der Waals surface area contributed by atoms with Crippen LogP contribution in [0.1, 0.15) is 31.4 Å². The van der Waals surface area contributed by atoms with E-state index >= 15 is 0 Å². The van der Waals surface area contributed by atoms with Gasteiger partial charge in [-0.3, -0.25) is 4.90 Å². The van der Waals surface area contributed by atoms with Crippen molar-refractivity contribution in [1.82, 2.24) is 4.90 Å². The molecule has 1 saturated heterocycles. The zero-order valence-corrected chi connectivity index (χ0v) is 14.6. The largest absolute Gasteiger partial charge is 0.393 e. The zero-order chi connectivity index (χ0) is 17.6. The first-order chi connectivity index (χ1) is 11.1. The van der Waals surface area contributed by atoms with Gasteiger partial charge in [0.2, 0.25) is 0 Å². The van der Waals surface area contributed by atoms with Gasteiger partial charge in [0.05, 0.1) is 13.0 Å². The molecule has 0 unspecified atom stereocenters. The lowest BCUT2D eigenvalue weighted by Gasteiger charge is -2.56. The van der Waals surface area contributed by atoms with Gasteiger partial charge in [-0.15, -0.1) is 0 Å². The topological polar surface area (TPSA) is 12.5 Å². The SMILES string of the molecule is COC[C@@]12CN(Cc3cccc(CC(F)(F)F)c3)C[C@@H]1C(C)(C)C2. The van der Waals surface area contributed by atoms with Gasteiger partial charge >= 0.3 is 6.18 Å². The molecule has 0 amide bonds. The Morgan fingerprint density at radius 1 is 1.25 bits per heavy atom. The second-order valence-corrected chi connectivity index (χ2v) is 8.29. The molecule has 3 rings (SSSR count). The Kier molecular flexibility index (Phi) is 4.45. The van der Waals surface area contributed by atoms with E-state index in [2.05, 4.69) is 18.7 Å². The van der Waals surface area contributed by atoms with Crippen molar-refractivity contribution in [2.75, 3.05) is 26.8 Å². The number of halogens is 3. The molecule has 0 spiro atoms. The van der Waals surface area contributed by atoms with Gasteiger partial charge in [0, 0.05) is 32.2 Å². The van der Waals surface area contributed by atoms with Crippen molar-refractivity contribution in [3.8, 4) is 0 Å². The van der Waals surface area contributed by atoms with Crippen LogP contribution in [0.25, 0.3) is 0 Å². The average molecular weight is 341 g/mol. The Morgan fingerprint density at radius 3 is 2.58 bits per heavy atom. The molecule has 24 heavy (non-hydrogen) atoms. The fraction of sp³-hybridized carbons (Fsp3) is 0.684. The molecule has 0 bridgehead atoms. The van der Waals surface area contributed by atoms with E-state index in [0.29, 0.717) is 23.4 Å². The smallest absolute Gasteiger partial charge is 0.384 e. The molecule has 2 fully saturated rings. The minimum atomic E-state index is -4.15. The number of ether oxygens (including phenoxy) is 1. The van der Waals surface area contributed by atoms with E-state index in [-0.39, 0.29) is 5.41 Å². The van der Waals surface area contributed by atoms with Crippen LogP contribution >= 0.6 is 0 Å². The van der Waals surface area contributed by atoms with Crippen molar-refractivity contribution in [3.63, 3.8) is 0 Å². The van der Waals surface area contributed by atoms with E-state index in [4.69, 9.17) is 4.74 Å². The molecule has 0 aromatic heterocycles. The van der Waals surface area contributed by atoms with Crippen molar-refractivity contribution >= 4 is 0 Å². The monoisotopic (exact) mass is 341 g/mol. The zero-order valence-electron chi connectivity index (χ0n) is 14.6. The highest BCUT2D eigenvalue weighted by Crippen LogP contribution is 2.62. The summed E-state index contributed by atoms with van der Waals surface area (Å²) in [4.78, 5) is 2.38. The van der Waals surface area contributed by atoms with E-state index < -0.39 is 12.6 Å². The van der Waals surface area contributed by atoms with Crippen molar-refractivity contribution in [1.29, 1.82) is 0 Å². The van der Waals surface area contributed by atoms with Crippen molar-refractivity contribution < 1.29 is 17.9 Å². The first-order valence-corrected chi connectivity index (χ1v) is 8.49. The summed E-state index contributed by atoms with van der Waals surface area (Å²) >= 11 is 0. The summed E-state index contributed by atoms with van der Waals surface area (Å²) in [5.74, 6) is 0.600. The fourth-order valence-corrected chi connectivity index (χ4v) is 5.16. The molecule has 0 radical (unpaired) electrons. The number of nitrogens with zero attached hydrogens (tertiary/aromatic N) is 1. The summed E-state index contributed by atoms with van der Waals surface area (Å²) < 4.78 is 43.2. The molecule has 5 heteroatoms. The summed E-state index contributed by atoms with van der Waals surface area (Å²) in [6.07, 6.45) is -3.86. The third-order valence-electron chi connectivity index (χ3n) is 5.70. The second-order valence-electron chi connectivity index (χ2n) is 8.29. The molecule has 2 aliphatic rings. The number of benzene rings is 1. The lowest BCUT2D eigenvalue weighted by molar-refractivity contribution is -0.127. The Balaban J connectivity index is 1.68. The van der Waals surface area contributed by atoms with E-state index in [0.717, 1.165) is 31.7 Å². The van der Waals surface area contributed by atoms with Gasteiger partial charge in [-0.2, -0.15) is 13.2 Å². The van der Waals surface area contributed by atoms with Crippen LogP contribution in [0.3, 0.4) is 0 Å². The number of likely N-dealkylation sites (tertiary alicyclic amines) is 1. The Hall–Kier alpha value is -1.07. The van der Waals surface area contributed by atoms with Crippen LogP contribution in [0, 0.1) is 16.7 Å². The van der Waals surface area contributed by atoms with Crippen LogP contribution in [0.15, 0.2) is 24.3 Å². The van der Waals surface area contributed by atoms with Crippen molar-refractivity contribution in [2.45, 2.75) is 39.4 Å². The third kappa shape index (κ3) is 3.47. The number of methoxy groups -OCH3 is 1. The molecule has 1 heterocycles. The van der Waals surface area contributed by atoms with E-state index in [1.54, 1.807) is 25.3 Å². The number of alkyl halides is 3. The molecule has 1 aliphatic heterocycles. The highest BCUT2D eigenvalue weighted by atomic mass is 19.4. The van der Waals surface area contributed by atoms with E-state index in [1.807, 2.05) is 6.07 Å². The van der Waals surface area contributed by atoms with E-state index in [9.17, 15) is 13.2 Å². The van der Waals surface area contributed by atoms with Crippen LogP contribution in [-0.4, -0.2) is 37.9 Å². The Morgan fingerprint density at radius 2 is 1.96 bits per heavy atom. The molecule has 1 aliphatic carbocycles. The summed E-state index contributed by atoms with van der Waals surface area (Å²) in [6.45, 7) is 8.06. The first kappa shape index (κ1) is 17.7. The van der Waals surface area contributed by atoms with Crippen LogP contribution in [0.4, 0.5) is 13.2 Å². The Labute approximate surface area is 142 Å². The number of hydrogen-bond acceptors (Lipinski definition) is 2. The predicted octanol–water partition coefficient (Wildman–Crippen LogP) is 4.29. The van der Waals surface area contributed by atoms with Crippen LogP contribution in [0.2, 0.25) is 0 Å². The van der Waals surface area contributed by atoms with Crippen molar-refractivity contribution in [2.24, 2.45) is 16.7 Å². The minimum absolute atomic E-state index is 0.224. The number of fused-ring (bicyclic) bond motifs is 1. The molecule has 2 atom stereocenters. The van der Waals surface area contributed by atoms with Gasteiger partial charge in [0.15, 0.2) is 0 Å². The quantitative estimate of drug-likeness (QED) is 0.792. The van der Waals surface area contributed by atoms with Gasteiger partial charge < -0.3 is 4.74 Å². The molecule has 134 valence electrons. The highest BCUT2D eigenvalue weighted by Gasteiger charge is 2.62. The average Bonchev–Trinajstić information content (AvgIpc) is 2.71.